The van der Waals surface area contributed by atoms with Crippen molar-refractivity contribution in [1.82, 2.24) is 29.9 Å². The number of aromatic nitrogens is 5. The molecule has 5 rings (SSSR count). The standard InChI is InChI=1S/C24H23F3N6O2/c1-14-11-17(20(12-15(14)2)33-28-8-9-29-33)21(34)32-10-4-7-23(32,3)22-30-18-6-5-16(13-19(18)31-22)35-24(25,26)27/h5-6,8-9,11-13H,4,7,10H2,1-3H3,(H,30,31)/t23-/m0/s1. The summed E-state index contributed by atoms with van der Waals surface area (Å²) in [6, 6.07) is 7.67. The van der Waals surface area contributed by atoms with Gasteiger partial charge in [0.25, 0.3) is 5.91 Å². The van der Waals surface area contributed by atoms with Gasteiger partial charge >= 0.3 is 6.36 Å². The average Bonchev–Trinajstić information content (AvgIpc) is 3.53. The van der Waals surface area contributed by atoms with Crippen LogP contribution in [-0.4, -0.2) is 48.7 Å². The van der Waals surface area contributed by atoms with E-state index in [9.17, 15) is 18.0 Å². The number of carbonyl (C=O) groups is 1. The minimum atomic E-state index is -4.79. The molecule has 1 atom stereocenters. The Morgan fingerprint density at radius 2 is 1.83 bits per heavy atom. The predicted octanol–water partition coefficient (Wildman–Crippen LogP) is 4.81. The number of fused-ring (bicyclic) bond motifs is 1. The maximum atomic E-state index is 13.9. The third-order valence-corrected chi connectivity index (χ3v) is 6.56. The SMILES string of the molecule is Cc1cc(C(=O)N2CCC[C@@]2(C)c2nc3ccc(OC(F)(F)F)cc3[nH]2)c(-n2nccn2)cc1C. The summed E-state index contributed by atoms with van der Waals surface area (Å²) >= 11 is 0. The van der Waals surface area contributed by atoms with E-state index in [1.807, 2.05) is 32.9 Å². The second kappa shape index (κ2) is 8.10. The number of aromatic amines is 1. The molecule has 4 aromatic rings. The Morgan fingerprint density at radius 1 is 1.11 bits per heavy atom. The second-order valence-corrected chi connectivity index (χ2v) is 8.92. The molecular formula is C24H23F3N6O2. The van der Waals surface area contributed by atoms with Crippen molar-refractivity contribution in [2.45, 2.75) is 45.5 Å². The number of hydrogen-bond donors (Lipinski definition) is 1. The van der Waals surface area contributed by atoms with Crippen molar-refractivity contribution in [2.75, 3.05) is 6.54 Å². The minimum Gasteiger partial charge on any atom is -0.406 e. The number of nitrogens with one attached hydrogen (secondary N) is 1. The van der Waals surface area contributed by atoms with Crippen LogP contribution in [0, 0.1) is 13.8 Å². The van der Waals surface area contributed by atoms with E-state index in [1.165, 1.54) is 23.0 Å². The van der Waals surface area contributed by atoms with Gasteiger partial charge in [0.15, 0.2) is 0 Å². The van der Waals surface area contributed by atoms with Crippen LogP contribution >= 0.6 is 0 Å². The molecule has 0 aliphatic carbocycles. The first-order valence-electron chi connectivity index (χ1n) is 11.1. The quantitative estimate of drug-likeness (QED) is 0.449. The molecule has 1 aliphatic heterocycles. The molecule has 0 radical (unpaired) electrons. The number of hydrogen-bond acceptors (Lipinski definition) is 5. The van der Waals surface area contributed by atoms with Gasteiger partial charge in [0.2, 0.25) is 0 Å². The van der Waals surface area contributed by atoms with Crippen LogP contribution in [0.25, 0.3) is 16.7 Å². The molecule has 1 fully saturated rings. The van der Waals surface area contributed by atoms with E-state index in [0.717, 1.165) is 17.5 Å². The van der Waals surface area contributed by atoms with Crippen LogP contribution in [0.15, 0.2) is 42.7 Å². The Bertz CT molecular complexity index is 1410. The first kappa shape index (κ1) is 22.9. The monoisotopic (exact) mass is 484 g/mol. The van der Waals surface area contributed by atoms with E-state index in [-0.39, 0.29) is 11.7 Å². The first-order chi connectivity index (χ1) is 16.5. The number of amides is 1. The van der Waals surface area contributed by atoms with Crippen LogP contribution in [-0.2, 0) is 5.54 Å². The minimum absolute atomic E-state index is 0.193. The van der Waals surface area contributed by atoms with Gasteiger partial charge in [0.05, 0.1) is 40.2 Å². The van der Waals surface area contributed by atoms with Crippen molar-refractivity contribution in [3.63, 3.8) is 0 Å². The fourth-order valence-corrected chi connectivity index (χ4v) is 4.60. The van der Waals surface area contributed by atoms with Crippen molar-refractivity contribution >= 4 is 16.9 Å². The van der Waals surface area contributed by atoms with Crippen LogP contribution in [0.1, 0.15) is 47.1 Å². The normalized spacial score (nSPS) is 18.4. The van der Waals surface area contributed by atoms with Crippen LogP contribution in [0.2, 0.25) is 0 Å². The van der Waals surface area contributed by atoms with Gasteiger partial charge in [-0.2, -0.15) is 15.0 Å². The van der Waals surface area contributed by atoms with Gasteiger partial charge in [-0.25, -0.2) is 4.98 Å². The molecule has 1 N–H and O–H groups in total. The molecule has 0 saturated carbocycles. The molecule has 0 unspecified atom stereocenters. The molecule has 0 bridgehead atoms. The van der Waals surface area contributed by atoms with Crippen molar-refractivity contribution in [3.8, 4) is 11.4 Å². The van der Waals surface area contributed by atoms with Crippen LogP contribution < -0.4 is 4.74 Å². The summed E-state index contributed by atoms with van der Waals surface area (Å²) in [5.74, 6) is -0.0248. The highest BCUT2D eigenvalue weighted by Gasteiger charge is 2.44. The lowest BCUT2D eigenvalue weighted by Crippen LogP contribution is -2.44. The molecule has 3 heterocycles. The highest BCUT2D eigenvalue weighted by molar-refractivity contribution is 5.99. The number of aryl methyl sites for hydroxylation is 2. The van der Waals surface area contributed by atoms with Crippen molar-refractivity contribution < 1.29 is 22.7 Å². The van der Waals surface area contributed by atoms with Crippen molar-refractivity contribution in [3.05, 3.63) is 65.2 Å². The van der Waals surface area contributed by atoms with Crippen molar-refractivity contribution in [2.24, 2.45) is 0 Å². The number of nitrogens with zero attached hydrogens (tertiary/aromatic N) is 5. The molecule has 8 nitrogen and oxygen atoms in total. The molecule has 2 aromatic carbocycles. The van der Waals surface area contributed by atoms with Gasteiger partial charge in [-0.1, -0.05) is 0 Å². The van der Waals surface area contributed by atoms with E-state index in [0.29, 0.717) is 41.1 Å². The molecule has 182 valence electrons. The zero-order valence-electron chi connectivity index (χ0n) is 19.3. The van der Waals surface area contributed by atoms with Gasteiger partial charge in [0, 0.05) is 12.6 Å². The number of halogens is 3. The van der Waals surface area contributed by atoms with E-state index in [1.54, 1.807) is 17.3 Å². The lowest BCUT2D eigenvalue weighted by atomic mass is 9.96. The maximum Gasteiger partial charge on any atom is 0.573 e. The van der Waals surface area contributed by atoms with Gasteiger partial charge in [-0.15, -0.1) is 13.2 Å². The number of benzene rings is 2. The lowest BCUT2D eigenvalue weighted by molar-refractivity contribution is -0.274. The number of ether oxygens (including phenoxy) is 1. The van der Waals surface area contributed by atoms with Crippen LogP contribution in [0.3, 0.4) is 0 Å². The zero-order chi connectivity index (χ0) is 25.0. The van der Waals surface area contributed by atoms with E-state index in [2.05, 4.69) is 24.9 Å². The maximum absolute atomic E-state index is 13.9. The first-order valence-corrected chi connectivity index (χ1v) is 11.1. The highest BCUT2D eigenvalue weighted by Crippen LogP contribution is 2.40. The summed E-state index contributed by atoms with van der Waals surface area (Å²) in [5.41, 5.74) is 3.12. The number of likely N-dealkylation sites (tertiary alicyclic amines) is 1. The number of H-pyrrole nitrogens is 1. The Balaban J connectivity index is 1.53. The number of imidazole rings is 1. The molecule has 35 heavy (non-hydrogen) atoms. The lowest BCUT2D eigenvalue weighted by Gasteiger charge is -2.34. The highest BCUT2D eigenvalue weighted by atomic mass is 19.4. The zero-order valence-corrected chi connectivity index (χ0v) is 19.3. The molecular weight excluding hydrogens is 461 g/mol. The van der Waals surface area contributed by atoms with Gasteiger partial charge < -0.3 is 14.6 Å². The van der Waals surface area contributed by atoms with Crippen LogP contribution in [0.5, 0.6) is 5.75 Å². The Kier molecular flexibility index (Phi) is 5.30. The molecule has 1 aliphatic rings. The van der Waals surface area contributed by atoms with Crippen LogP contribution in [0.4, 0.5) is 13.2 Å². The van der Waals surface area contributed by atoms with E-state index < -0.39 is 11.9 Å². The largest absolute Gasteiger partial charge is 0.573 e. The molecule has 2 aromatic heterocycles. The number of carbonyl (C=O) groups excluding carboxylic acids is 1. The van der Waals surface area contributed by atoms with Crippen molar-refractivity contribution in [1.29, 1.82) is 0 Å². The van der Waals surface area contributed by atoms with E-state index >= 15 is 0 Å². The smallest absolute Gasteiger partial charge is 0.406 e. The number of rotatable bonds is 4. The predicted molar refractivity (Wildman–Crippen MR) is 121 cm³/mol. The summed E-state index contributed by atoms with van der Waals surface area (Å²) in [6.45, 7) is 6.32. The number of alkyl halides is 3. The third kappa shape index (κ3) is 4.11. The summed E-state index contributed by atoms with van der Waals surface area (Å²) in [5, 5.41) is 8.42. The fourth-order valence-electron chi connectivity index (χ4n) is 4.60. The fraction of sp³-hybridized carbons (Fsp3) is 0.333. The third-order valence-electron chi connectivity index (χ3n) is 6.56. The Hall–Kier alpha value is -3.89. The van der Waals surface area contributed by atoms with Gasteiger partial charge in [0.1, 0.15) is 11.6 Å². The summed E-state index contributed by atoms with van der Waals surface area (Å²) in [7, 11) is 0. The Labute approximate surface area is 198 Å². The molecule has 11 heteroatoms. The summed E-state index contributed by atoms with van der Waals surface area (Å²) < 4.78 is 41.9. The van der Waals surface area contributed by atoms with Gasteiger partial charge in [-0.05, 0) is 69.0 Å². The second-order valence-electron chi connectivity index (χ2n) is 8.92. The average molecular weight is 484 g/mol. The van der Waals surface area contributed by atoms with E-state index in [4.69, 9.17) is 0 Å². The molecule has 0 spiro atoms. The summed E-state index contributed by atoms with van der Waals surface area (Å²) in [6.07, 6.45) is -0.291. The summed E-state index contributed by atoms with van der Waals surface area (Å²) in [4.78, 5) is 24.8. The topological polar surface area (TPSA) is 88.9 Å². The Morgan fingerprint density at radius 3 is 2.54 bits per heavy atom. The van der Waals surface area contributed by atoms with Gasteiger partial charge in [-0.3, -0.25) is 4.79 Å². The molecule has 1 amide bonds. The molecule has 1 saturated heterocycles.